The zero-order chi connectivity index (χ0) is 25.0. The van der Waals surface area contributed by atoms with Crippen LogP contribution in [0, 0.1) is 11.3 Å². The van der Waals surface area contributed by atoms with Crippen LogP contribution in [0.1, 0.15) is 63.0 Å². The van der Waals surface area contributed by atoms with E-state index in [0.717, 1.165) is 6.42 Å². The lowest BCUT2D eigenvalue weighted by Gasteiger charge is -2.28. The number of benzene rings is 2. The minimum absolute atomic E-state index is 0.0165. The first kappa shape index (κ1) is 24.8. The number of carbonyl (C=O) groups is 3. The van der Waals surface area contributed by atoms with Gasteiger partial charge in [-0.2, -0.15) is 0 Å². The van der Waals surface area contributed by atoms with E-state index in [4.69, 9.17) is 4.74 Å². The van der Waals surface area contributed by atoms with E-state index in [-0.39, 0.29) is 30.4 Å². The van der Waals surface area contributed by atoms with Gasteiger partial charge in [0, 0.05) is 24.9 Å². The molecule has 1 saturated carbocycles. The highest BCUT2D eigenvalue weighted by Crippen LogP contribution is 2.44. The second-order valence-electron chi connectivity index (χ2n) is 10.1. The Labute approximate surface area is 206 Å². The highest BCUT2D eigenvalue weighted by Gasteiger charge is 2.45. The van der Waals surface area contributed by atoms with E-state index in [1.807, 2.05) is 31.2 Å². The van der Waals surface area contributed by atoms with Crippen molar-refractivity contribution in [3.63, 3.8) is 0 Å². The van der Waals surface area contributed by atoms with Crippen molar-refractivity contribution >= 4 is 18.0 Å². The van der Waals surface area contributed by atoms with Gasteiger partial charge in [-0.05, 0) is 54.4 Å². The first-order valence-electron chi connectivity index (χ1n) is 12.4. The molecule has 2 aromatic carbocycles. The third-order valence-corrected chi connectivity index (χ3v) is 7.57. The summed E-state index contributed by atoms with van der Waals surface area (Å²) < 4.78 is 5.55. The SMILES string of the molecule is CC(CCNC(=O)OCC1c2ccccc2-c2ccccc21)CC(=O)NC1CCCC1(C)C(=O)O. The maximum Gasteiger partial charge on any atom is 0.407 e. The first-order valence-corrected chi connectivity index (χ1v) is 12.4. The molecular weight excluding hydrogens is 444 g/mol. The predicted molar refractivity (Wildman–Crippen MR) is 133 cm³/mol. The molecular formula is C28H34N2O5. The molecule has 2 aromatic rings. The van der Waals surface area contributed by atoms with Crippen molar-refractivity contribution in [2.75, 3.05) is 13.2 Å². The normalized spacial score (nSPS) is 21.6. The monoisotopic (exact) mass is 478 g/mol. The number of nitrogens with one attached hydrogen (secondary N) is 2. The summed E-state index contributed by atoms with van der Waals surface area (Å²) in [7, 11) is 0. The molecule has 3 N–H and O–H groups in total. The summed E-state index contributed by atoms with van der Waals surface area (Å²) in [6.07, 6.45) is 2.51. The van der Waals surface area contributed by atoms with Gasteiger partial charge in [0.1, 0.15) is 6.61 Å². The zero-order valence-corrected chi connectivity index (χ0v) is 20.4. The van der Waals surface area contributed by atoms with Gasteiger partial charge in [-0.15, -0.1) is 0 Å². The summed E-state index contributed by atoms with van der Waals surface area (Å²) in [6.45, 7) is 4.32. The number of carboxylic acids is 1. The Morgan fingerprint density at radius 1 is 1.09 bits per heavy atom. The van der Waals surface area contributed by atoms with Crippen molar-refractivity contribution in [3.8, 4) is 11.1 Å². The molecule has 0 aromatic heterocycles. The molecule has 0 aliphatic heterocycles. The molecule has 3 unspecified atom stereocenters. The third-order valence-electron chi connectivity index (χ3n) is 7.57. The van der Waals surface area contributed by atoms with Gasteiger partial charge in [0.15, 0.2) is 0 Å². The fourth-order valence-electron chi connectivity index (χ4n) is 5.40. The first-order chi connectivity index (χ1) is 16.8. The summed E-state index contributed by atoms with van der Waals surface area (Å²) in [5.74, 6) is -0.942. The molecule has 0 heterocycles. The van der Waals surface area contributed by atoms with Crippen LogP contribution in [-0.4, -0.2) is 42.3 Å². The summed E-state index contributed by atoms with van der Waals surface area (Å²) in [5, 5.41) is 15.2. The largest absolute Gasteiger partial charge is 0.481 e. The van der Waals surface area contributed by atoms with Gasteiger partial charge in [-0.3, -0.25) is 9.59 Å². The number of ether oxygens (including phenoxy) is 1. The average Bonchev–Trinajstić information content (AvgIpc) is 3.36. The smallest absolute Gasteiger partial charge is 0.407 e. The van der Waals surface area contributed by atoms with Crippen LogP contribution < -0.4 is 10.6 Å². The maximum absolute atomic E-state index is 12.5. The molecule has 4 rings (SSSR count). The Hall–Kier alpha value is -3.35. The molecule has 7 heteroatoms. The number of alkyl carbamates (subject to hydrolysis) is 1. The molecule has 2 amide bonds. The van der Waals surface area contributed by atoms with Gasteiger partial charge in [0.2, 0.25) is 5.91 Å². The lowest BCUT2D eigenvalue weighted by Crippen LogP contribution is -2.47. The Balaban J connectivity index is 1.20. The van der Waals surface area contributed by atoms with Crippen LogP contribution in [0.5, 0.6) is 0 Å². The number of fused-ring (bicyclic) bond motifs is 3. The van der Waals surface area contributed by atoms with Crippen molar-refractivity contribution < 1.29 is 24.2 Å². The Kier molecular flexibility index (Phi) is 7.43. The summed E-state index contributed by atoms with van der Waals surface area (Å²) in [6, 6.07) is 16.1. The summed E-state index contributed by atoms with van der Waals surface area (Å²) in [5.41, 5.74) is 3.81. The third kappa shape index (κ3) is 5.34. The van der Waals surface area contributed by atoms with E-state index in [2.05, 4.69) is 34.9 Å². The van der Waals surface area contributed by atoms with Crippen LogP contribution in [-0.2, 0) is 14.3 Å². The molecule has 3 atom stereocenters. The number of hydrogen-bond donors (Lipinski definition) is 3. The van der Waals surface area contributed by atoms with Crippen molar-refractivity contribution in [2.45, 2.75) is 57.9 Å². The molecule has 186 valence electrons. The van der Waals surface area contributed by atoms with Crippen molar-refractivity contribution in [3.05, 3.63) is 59.7 Å². The number of hydrogen-bond acceptors (Lipinski definition) is 4. The number of carbonyl (C=O) groups excluding carboxylic acids is 2. The average molecular weight is 479 g/mol. The zero-order valence-electron chi connectivity index (χ0n) is 20.4. The van der Waals surface area contributed by atoms with E-state index in [1.54, 1.807) is 6.92 Å². The fourth-order valence-corrected chi connectivity index (χ4v) is 5.40. The van der Waals surface area contributed by atoms with Gasteiger partial charge in [0.05, 0.1) is 5.41 Å². The minimum atomic E-state index is -0.898. The number of aliphatic carboxylic acids is 1. The highest BCUT2D eigenvalue weighted by atomic mass is 16.5. The lowest BCUT2D eigenvalue weighted by molar-refractivity contribution is -0.149. The Bertz CT molecular complexity index is 1050. The van der Waals surface area contributed by atoms with Crippen LogP contribution in [0.25, 0.3) is 11.1 Å². The van der Waals surface area contributed by atoms with Gasteiger partial charge >= 0.3 is 12.1 Å². The molecule has 7 nitrogen and oxygen atoms in total. The number of rotatable bonds is 9. The van der Waals surface area contributed by atoms with Crippen LogP contribution in [0.2, 0.25) is 0 Å². The standard InChI is InChI=1S/C28H34N2O5/c1-18(16-25(31)30-24-12-7-14-28(24,2)26(32)33)13-15-29-27(34)35-17-23-21-10-5-3-8-19(21)20-9-4-6-11-22(20)23/h3-6,8-11,18,23-24H,7,12-17H2,1-2H3,(H,29,34)(H,30,31)(H,32,33). The van der Waals surface area contributed by atoms with Gasteiger partial charge in [-0.1, -0.05) is 61.9 Å². The van der Waals surface area contributed by atoms with Crippen LogP contribution >= 0.6 is 0 Å². The molecule has 0 radical (unpaired) electrons. The second kappa shape index (κ2) is 10.5. The molecule has 1 fully saturated rings. The quantitative estimate of drug-likeness (QED) is 0.485. The van der Waals surface area contributed by atoms with Gasteiger partial charge in [-0.25, -0.2) is 4.79 Å². The highest BCUT2D eigenvalue weighted by molar-refractivity contribution is 5.80. The molecule has 35 heavy (non-hydrogen) atoms. The Morgan fingerprint density at radius 3 is 2.34 bits per heavy atom. The fraction of sp³-hybridized carbons (Fsp3) is 0.464. The van der Waals surface area contributed by atoms with E-state index >= 15 is 0 Å². The second-order valence-corrected chi connectivity index (χ2v) is 10.1. The van der Waals surface area contributed by atoms with Crippen LogP contribution in [0.15, 0.2) is 48.5 Å². The summed E-state index contributed by atoms with van der Waals surface area (Å²) >= 11 is 0. The van der Waals surface area contributed by atoms with E-state index in [9.17, 15) is 19.5 Å². The maximum atomic E-state index is 12.5. The van der Waals surface area contributed by atoms with E-state index in [1.165, 1.54) is 22.3 Å². The van der Waals surface area contributed by atoms with Gasteiger partial charge in [0.25, 0.3) is 0 Å². The topological polar surface area (TPSA) is 105 Å². The van der Waals surface area contributed by atoms with Crippen LogP contribution in [0.4, 0.5) is 4.79 Å². The van der Waals surface area contributed by atoms with Crippen LogP contribution in [0.3, 0.4) is 0 Å². The number of carboxylic acid groups (broad SMARTS) is 1. The molecule has 0 saturated heterocycles. The Morgan fingerprint density at radius 2 is 1.71 bits per heavy atom. The molecule has 2 aliphatic rings. The molecule has 0 spiro atoms. The van der Waals surface area contributed by atoms with Crippen molar-refractivity contribution in [1.29, 1.82) is 0 Å². The number of amides is 2. The van der Waals surface area contributed by atoms with Gasteiger partial charge < -0.3 is 20.5 Å². The van der Waals surface area contributed by atoms with Crippen molar-refractivity contribution in [2.24, 2.45) is 11.3 Å². The summed E-state index contributed by atoms with van der Waals surface area (Å²) in [4.78, 5) is 36.4. The molecule has 2 aliphatic carbocycles. The minimum Gasteiger partial charge on any atom is -0.481 e. The molecule has 0 bridgehead atoms. The van der Waals surface area contributed by atoms with E-state index in [0.29, 0.717) is 32.2 Å². The lowest BCUT2D eigenvalue weighted by atomic mass is 9.84. The van der Waals surface area contributed by atoms with E-state index < -0.39 is 17.5 Å². The van der Waals surface area contributed by atoms with Crippen molar-refractivity contribution in [1.82, 2.24) is 10.6 Å². The predicted octanol–water partition coefficient (Wildman–Crippen LogP) is 4.70.